The lowest BCUT2D eigenvalue weighted by Crippen LogP contribution is -2.05. The molecule has 1 heterocycles. The van der Waals surface area contributed by atoms with Crippen molar-refractivity contribution in [3.8, 4) is 5.75 Å². The van der Waals surface area contributed by atoms with E-state index in [4.69, 9.17) is 4.74 Å². The third-order valence-electron chi connectivity index (χ3n) is 2.30. The highest BCUT2D eigenvalue weighted by Crippen LogP contribution is 2.11. The van der Waals surface area contributed by atoms with Crippen molar-refractivity contribution >= 4 is 5.95 Å². The van der Waals surface area contributed by atoms with Gasteiger partial charge in [0.2, 0.25) is 5.95 Å². The van der Waals surface area contributed by atoms with Crippen LogP contribution in [-0.2, 0) is 13.7 Å². The van der Waals surface area contributed by atoms with Crippen LogP contribution in [0.3, 0.4) is 0 Å². The molecule has 0 saturated heterocycles. The first-order valence-corrected chi connectivity index (χ1v) is 5.05. The second-order valence-corrected chi connectivity index (χ2v) is 3.35. The molecule has 0 aliphatic heterocycles. The molecule has 0 radical (unpaired) electrons. The van der Waals surface area contributed by atoms with Crippen LogP contribution in [0, 0.1) is 0 Å². The monoisotopic (exact) mass is 218 g/mol. The molecule has 2 aromatic rings. The number of aromatic nitrogens is 3. The summed E-state index contributed by atoms with van der Waals surface area (Å²) >= 11 is 0. The number of ether oxygens (including phenoxy) is 1. The highest BCUT2D eigenvalue weighted by atomic mass is 16.5. The first kappa shape index (κ1) is 10.5. The van der Waals surface area contributed by atoms with Gasteiger partial charge in [0.1, 0.15) is 12.4 Å². The number of rotatable bonds is 4. The van der Waals surface area contributed by atoms with Gasteiger partial charge in [-0.3, -0.25) is 4.57 Å². The van der Waals surface area contributed by atoms with Gasteiger partial charge in [0.15, 0.2) is 5.82 Å². The number of anilines is 1. The first-order chi connectivity index (χ1) is 7.81. The van der Waals surface area contributed by atoms with E-state index in [0.717, 1.165) is 17.5 Å². The zero-order chi connectivity index (χ0) is 11.4. The molecule has 1 aromatic heterocycles. The van der Waals surface area contributed by atoms with E-state index in [-0.39, 0.29) is 0 Å². The quantitative estimate of drug-likeness (QED) is 0.843. The molecule has 0 aliphatic carbocycles. The highest BCUT2D eigenvalue weighted by Gasteiger charge is 2.06. The van der Waals surface area contributed by atoms with Gasteiger partial charge in [0.25, 0.3) is 0 Å². The zero-order valence-corrected chi connectivity index (χ0v) is 9.34. The van der Waals surface area contributed by atoms with Gasteiger partial charge in [-0.2, -0.15) is 0 Å². The molecule has 84 valence electrons. The van der Waals surface area contributed by atoms with Crippen LogP contribution >= 0.6 is 0 Å². The molecule has 5 nitrogen and oxygen atoms in total. The lowest BCUT2D eigenvalue weighted by atomic mass is 10.3. The topological polar surface area (TPSA) is 52.0 Å². The van der Waals surface area contributed by atoms with Crippen LogP contribution in [-0.4, -0.2) is 21.8 Å². The van der Waals surface area contributed by atoms with Crippen molar-refractivity contribution < 1.29 is 4.74 Å². The first-order valence-electron chi connectivity index (χ1n) is 5.05. The summed E-state index contributed by atoms with van der Waals surface area (Å²) in [6.07, 6.45) is 0. The van der Waals surface area contributed by atoms with Gasteiger partial charge in [0.05, 0.1) is 0 Å². The second kappa shape index (κ2) is 4.65. The van der Waals surface area contributed by atoms with Crippen molar-refractivity contribution in [3.63, 3.8) is 0 Å². The third-order valence-corrected chi connectivity index (χ3v) is 2.30. The fourth-order valence-electron chi connectivity index (χ4n) is 1.37. The molecule has 1 aromatic carbocycles. The van der Waals surface area contributed by atoms with Gasteiger partial charge in [-0.25, -0.2) is 0 Å². The molecule has 2 rings (SSSR count). The Morgan fingerprint density at radius 1 is 1.25 bits per heavy atom. The summed E-state index contributed by atoms with van der Waals surface area (Å²) in [5.74, 6) is 2.34. The van der Waals surface area contributed by atoms with Crippen LogP contribution in [0.1, 0.15) is 5.82 Å². The average molecular weight is 218 g/mol. The van der Waals surface area contributed by atoms with Gasteiger partial charge in [0, 0.05) is 14.1 Å². The summed E-state index contributed by atoms with van der Waals surface area (Å²) in [7, 11) is 3.71. The van der Waals surface area contributed by atoms with Crippen molar-refractivity contribution in [1.29, 1.82) is 0 Å². The molecule has 16 heavy (non-hydrogen) atoms. The lowest BCUT2D eigenvalue weighted by molar-refractivity contribution is 0.291. The highest BCUT2D eigenvalue weighted by molar-refractivity contribution is 5.24. The molecule has 0 saturated carbocycles. The smallest absolute Gasteiger partial charge is 0.224 e. The minimum absolute atomic E-state index is 0.412. The maximum absolute atomic E-state index is 5.58. The van der Waals surface area contributed by atoms with Crippen molar-refractivity contribution in [1.82, 2.24) is 14.8 Å². The number of para-hydroxylation sites is 1. The standard InChI is InChI=1S/C11H14N4O/c1-12-11-14-13-10(15(11)2)8-16-9-6-4-3-5-7-9/h3-7H,8H2,1-2H3,(H,12,14). The molecular weight excluding hydrogens is 204 g/mol. The molecule has 0 bridgehead atoms. The van der Waals surface area contributed by atoms with Crippen LogP contribution in [0.4, 0.5) is 5.95 Å². The van der Waals surface area contributed by atoms with E-state index in [0.29, 0.717) is 6.61 Å². The SMILES string of the molecule is CNc1nnc(COc2ccccc2)n1C. The number of benzene rings is 1. The van der Waals surface area contributed by atoms with E-state index in [2.05, 4.69) is 15.5 Å². The Bertz CT molecular complexity index is 452. The molecular formula is C11H14N4O. The van der Waals surface area contributed by atoms with E-state index in [9.17, 15) is 0 Å². The maximum atomic E-state index is 5.58. The summed E-state index contributed by atoms with van der Waals surface area (Å²) in [5.41, 5.74) is 0. The Kier molecular flexibility index (Phi) is 3.05. The Hall–Kier alpha value is -2.04. The molecule has 0 fully saturated rings. The Balaban J connectivity index is 2.02. The van der Waals surface area contributed by atoms with Crippen LogP contribution in [0.5, 0.6) is 5.75 Å². The van der Waals surface area contributed by atoms with Gasteiger partial charge >= 0.3 is 0 Å². The van der Waals surface area contributed by atoms with Gasteiger partial charge in [-0.05, 0) is 12.1 Å². The van der Waals surface area contributed by atoms with Gasteiger partial charge in [-0.1, -0.05) is 18.2 Å². The minimum Gasteiger partial charge on any atom is -0.486 e. The molecule has 0 atom stereocenters. The zero-order valence-electron chi connectivity index (χ0n) is 9.34. The molecule has 0 aliphatic rings. The van der Waals surface area contributed by atoms with E-state index in [1.165, 1.54) is 0 Å². The molecule has 0 amide bonds. The second-order valence-electron chi connectivity index (χ2n) is 3.35. The minimum atomic E-state index is 0.412. The van der Waals surface area contributed by atoms with Crippen molar-refractivity contribution in [2.75, 3.05) is 12.4 Å². The summed E-state index contributed by atoms with van der Waals surface area (Å²) in [6.45, 7) is 0.412. The van der Waals surface area contributed by atoms with Crippen molar-refractivity contribution in [3.05, 3.63) is 36.2 Å². The normalized spacial score (nSPS) is 10.1. The Labute approximate surface area is 94.1 Å². The van der Waals surface area contributed by atoms with Crippen molar-refractivity contribution in [2.45, 2.75) is 6.61 Å². The summed E-state index contributed by atoms with van der Waals surface area (Å²) in [4.78, 5) is 0. The summed E-state index contributed by atoms with van der Waals surface area (Å²) < 4.78 is 7.44. The Morgan fingerprint density at radius 2 is 2.00 bits per heavy atom. The predicted molar refractivity (Wildman–Crippen MR) is 61.3 cm³/mol. The van der Waals surface area contributed by atoms with E-state index < -0.39 is 0 Å². The summed E-state index contributed by atoms with van der Waals surface area (Å²) in [6, 6.07) is 9.65. The van der Waals surface area contributed by atoms with E-state index in [1.807, 2.05) is 49.0 Å². The molecule has 0 unspecified atom stereocenters. The van der Waals surface area contributed by atoms with Crippen LogP contribution < -0.4 is 10.1 Å². The maximum Gasteiger partial charge on any atom is 0.224 e. The largest absolute Gasteiger partial charge is 0.486 e. The number of hydrogen-bond acceptors (Lipinski definition) is 4. The number of nitrogens with one attached hydrogen (secondary N) is 1. The van der Waals surface area contributed by atoms with Gasteiger partial charge in [-0.15, -0.1) is 10.2 Å². The van der Waals surface area contributed by atoms with Crippen molar-refractivity contribution in [2.24, 2.45) is 7.05 Å². The summed E-state index contributed by atoms with van der Waals surface area (Å²) in [5, 5.41) is 10.9. The third kappa shape index (κ3) is 2.13. The van der Waals surface area contributed by atoms with Crippen LogP contribution in [0.2, 0.25) is 0 Å². The van der Waals surface area contributed by atoms with E-state index >= 15 is 0 Å². The fraction of sp³-hybridized carbons (Fsp3) is 0.273. The molecule has 0 spiro atoms. The van der Waals surface area contributed by atoms with E-state index in [1.54, 1.807) is 0 Å². The van der Waals surface area contributed by atoms with Crippen LogP contribution in [0.15, 0.2) is 30.3 Å². The number of hydrogen-bond donors (Lipinski definition) is 1. The van der Waals surface area contributed by atoms with Crippen LogP contribution in [0.25, 0.3) is 0 Å². The molecule has 5 heteroatoms. The number of nitrogens with zero attached hydrogens (tertiary/aromatic N) is 3. The fourth-order valence-corrected chi connectivity index (χ4v) is 1.37. The lowest BCUT2D eigenvalue weighted by Gasteiger charge is -2.05. The van der Waals surface area contributed by atoms with Gasteiger partial charge < -0.3 is 10.1 Å². The molecule has 1 N–H and O–H groups in total. The predicted octanol–water partition coefficient (Wildman–Crippen LogP) is 1.44. The Morgan fingerprint density at radius 3 is 2.62 bits per heavy atom. The average Bonchev–Trinajstić information content (AvgIpc) is 2.69.